The zero-order valence-corrected chi connectivity index (χ0v) is 51.9. The summed E-state index contributed by atoms with van der Waals surface area (Å²) in [5, 5.41) is 0. The fourth-order valence-corrected chi connectivity index (χ4v) is 9.25. The first kappa shape index (κ1) is 75.1. The number of esters is 3. The molecule has 0 aromatic heterocycles. The maximum atomic E-state index is 12.9. The van der Waals surface area contributed by atoms with Gasteiger partial charge in [-0.15, -0.1) is 0 Å². The van der Waals surface area contributed by atoms with Crippen LogP contribution < -0.4 is 0 Å². The Labute approximate surface area is 489 Å². The molecule has 0 aliphatic rings. The van der Waals surface area contributed by atoms with E-state index < -0.39 is 6.10 Å². The molecule has 452 valence electrons. The van der Waals surface area contributed by atoms with Gasteiger partial charge < -0.3 is 14.2 Å². The molecule has 0 bridgehead atoms. The summed E-state index contributed by atoms with van der Waals surface area (Å²) < 4.78 is 16.9. The molecular formula is C73H124O6. The van der Waals surface area contributed by atoms with Crippen LogP contribution in [0.25, 0.3) is 0 Å². The molecule has 0 rings (SSSR count). The average Bonchev–Trinajstić information content (AvgIpc) is 3.45. The number of rotatable bonds is 60. The van der Waals surface area contributed by atoms with Gasteiger partial charge in [0.25, 0.3) is 0 Å². The Hall–Kier alpha value is -3.93. The first-order valence-electron chi connectivity index (χ1n) is 33.4. The zero-order chi connectivity index (χ0) is 57.1. The van der Waals surface area contributed by atoms with E-state index in [4.69, 9.17) is 14.2 Å². The van der Waals surface area contributed by atoms with E-state index in [9.17, 15) is 14.4 Å². The van der Waals surface area contributed by atoms with E-state index in [2.05, 4.69) is 130 Å². The van der Waals surface area contributed by atoms with Crippen LogP contribution >= 0.6 is 0 Å². The molecule has 0 heterocycles. The van der Waals surface area contributed by atoms with Gasteiger partial charge in [0, 0.05) is 19.3 Å². The number of hydrogen-bond acceptors (Lipinski definition) is 6. The first-order chi connectivity index (χ1) is 39.0. The van der Waals surface area contributed by atoms with Crippen LogP contribution in [0.5, 0.6) is 0 Å². The Morgan fingerprint density at radius 2 is 0.506 bits per heavy atom. The van der Waals surface area contributed by atoms with Crippen molar-refractivity contribution in [1.29, 1.82) is 0 Å². The molecule has 0 amide bonds. The van der Waals surface area contributed by atoms with Gasteiger partial charge in [0.15, 0.2) is 6.10 Å². The minimum atomic E-state index is -0.807. The predicted molar refractivity (Wildman–Crippen MR) is 343 cm³/mol. The lowest BCUT2D eigenvalue weighted by Gasteiger charge is -2.18. The number of allylic oxidation sites excluding steroid dienone is 18. The summed E-state index contributed by atoms with van der Waals surface area (Å²) >= 11 is 0. The summed E-state index contributed by atoms with van der Waals surface area (Å²) in [6, 6.07) is 0. The third-order valence-electron chi connectivity index (χ3n) is 14.2. The molecule has 0 aromatic rings. The van der Waals surface area contributed by atoms with Gasteiger partial charge in [-0.2, -0.15) is 0 Å². The second kappa shape index (κ2) is 66.6. The van der Waals surface area contributed by atoms with Crippen LogP contribution in [-0.2, 0) is 28.6 Å². The van der Waals surface area contributed by atoms with Gasteiger partial charge in [-0.1, -0.05) is 284 Å². The fraction of sp³-hybridized carbons (Fsp3) is 0.712. The molecule has 0 saturated carbocycles. The monoisotopic (exact) mass is 1100 g/mol. The summed E-state index contributed by atoms with van der Waals surface area (Å²) in [6.07, 6.45) is 91.0. The van der Waals surface area contributed by atoms with Crippen molar-refractivity contribution in [3.05, 3.63) is 109 Å². The van der Waals surface area contributed by atoms with Crippen molar-refractivity contribution in [3.63, 3.8) is 0 Å². The standard InChI is InChI=1S/C73H124O6/c1-4-7-10-13-16-19-22-25-28-31-34-35-36-37-40-42-45-48-51-54-57-60-63-66-72(75)78-69-70(79-73(76)67-64-61-58-55-52-49-46-43-39-33-30-27-24-21-18-15-12-9-6-3)68-77-71(74)65-62-59-56-53-50-47-44-41-38-32-29-26-23-20-17-14-11-8-5-2/h7,10,16,19,25-30,34-35,37,40,45,48,54,57,70H,4-6,8-9,11-15,17-18,20-24,31-33,36,38-39,41-44,46-47,49-53,55-56,58-69H2,1-3H3/b10-7-,19-16-,28-25-,29-26-,30-27-,35-34-,40-37-,48-45-,57-54-. The lowest BCUT2D eigenvalue weighted by molar-refractivity contribution is -0.167. The smallest absolute Gasteiger partial charge is 0.306 e. The summed E-state index contributed by atoms with van der Waals surface area (Å²) in [4.78, 5) is 38.4. The van der Waals surface area contributed by atoms with E-state index in [0.717, 1.165) is 89.9 Å². The van der Waals surface area contributed by atoms with E-state index in [1.807, 2.05) is 0 Å². The molecule has 0 radical (unpaired) electrons. The van der Waals surface area contributed by atoms with Gasteiger partial charge in [0.1, 0.15) is 13.2 Å². The quantitative estimate of drug-likeness (QED) is 0.0261. The van der Waals surface area contributed by atoms with Crippen LogP contribution in [0.3, 0.4) is 0 Å². The molecule has 0 spiro atoms. The molecular weight excluding hydrogens is 973 g/mol. The van der Waals surface area contributed by atoms with Crippen molar-refractivity contribution in [2.45, 2.75) is 322 Å². The summed E-state index contributed by atoms with van der Waals surface area (Å²) in [7, 11) is 0. The molecule has 1 unspecified atom stereocenters. The van der Waals surface area contributed by atoms with Gasteiger partial charge in [0.2, 0.25) is 0 Å². The highest BCUT2D eigenvalue weighted by Crippen LogP contribution is 2.16. The van der Waals surface area contributed by atoms with Crippen molar-refractivity contribution in [3.8, 4) is 0 Å². The minimum Gasteiger partial charge on any atom is -0.462 e. The Morgan fingerprint density at radius 1 is 0.266 bits per heavy atom. The van der Waals surface area contributed by atoms with Crippen molar-refractivity contribution in [2.75, 3.05) is 13.2 Å². The molecule has 6 heteroatoms. The van der Waals surface area contributed by atoms with Gasteiger partial charge in [-0.05, 0) is 122 Å². The van der Waals surface area contributed by atoms with E-state index in [1.165, 1.54) is 180 Å². The lowest BCUT2D eigenvalue weighted by Crippen LogP contribution is -2.30. The fourth-order valence-electron chi connectivity index (χ4n) is 9.25. The Balaban J connectivity index is 4.48. The number of hydrogen-bond donors (Lipinski definition) is 0. The van der Waals surface area contributed by atoms with Crippen LogP contribution in [0.4, 0.5) is 0 Å². The zero-order valence-electron chi connectivity index (χ0n) is 51.9. The van der Waals surface area contributed by atoms with Crippen LogP contribution in [0.2, 0.25) is 0 Å². The number of carbonyl (C=O) groups is 3. The van der Waals surface area contributed by atoms with E-state index in [-0.39, 0.29) is 37.5 Å². The summed E-state index contributed by atoms with van der Waals surface area (Å²) in [5.41, 5.74) is 0. The van der Waals surface area contributed by atoms with Gasteiger partial charge in [-0.25, -0.2) is 0 Å². The van der Waals surface area contributed by atoms with Crippen LogP contribution in [0, 0.1) is 0 Å². The van der Waals surface area contributed by atoms with Crippen LogP contribution in [0.15, 0.2) is 109 Å². The third kappa shape index (κ3) is 64.8. The molecule has 0 aromatic carbocycles. The largest absolute Gasteiger partial charge is 0.462 e. The highest BCUT2D eigenvalue weighted by molar-refractivity contribution is 5.71. The minimum absolute atomic E-state index is 0.0976. The SMILES string of the molecule is CC/C=C\C/C=C\C/C=C\C/C=C\C/C=C\C/C=C\C/C=C\CCCC(=O)OCC(COC(=O)CCCCCCCCCCC/C=C\CCCCCCCC)OC(=O)CCCCCCCCCCC/C=C\CCCCCCCC. The Bertz CT molecular complexity index is 1590. The predicted octanol–water partition coefficient (Wildman–Crippen LogP) is 23.0. The highest BCUT2D eigenvalue weighted by Gasteiger charge is 2.19. The molecule has 0 aliphatic carbocycles. The Morgan fingerprint density at radius 3 is 0.835 bits per heavy atom. The highest BCUT2D eigenvalue weighted by atomic mass is 16.6. The molecule has 0 fully saturated rings. The maximum absolute atomic E-state index is 12.9. The summed E-state index contributed by atoms with van der Waals surface area (Å²) in [6.45, 7) is 6.50. The number of ether oxygens (including phenoxy) is 3. The number of unbranched alkanes of at least 4 members (excludes halogenated alkanes) is 31. The topological polar surface area (TPSA) is 78.9 Å². The number of carbonyl (C=O) groups excluding carboxylic acids is 3. The third-order valence-corrected chi connectivity index (χ3v) is 14.2. The molecule has 6 nitrogen and oxygen atoms in total. The van der Waals surface area contributed by atoms with Crippen molar-refractivity contribution in [2.24, 2.45) is 0 Å². The maximum Gasteiger partial charge on any atom is 0.306 e. The van der Waals surface area contributed by atoms with E-state index >= 15 is 0 Å². The molecule has 0 saturated heterocycles. The van der Waals surface area contributed by atoms with Gasteiger partial charge in [-0.3, -0.25) is 14.4 Å². The Kier molecular flexibility index (Phi) is 63.3. The molecule has 0 N–H and O–H groups in total. The second-order valence-electron chi connectivity index (χ2n) is 22.0. The molecule has 79 heavy (non-hydrogen) atoms. The normalized spacial score (nSPS) is 12.8. The average molecular weight is 1100 g/mol. The lowest BCUT2D eigenvalue weighted by atomic mass is 10.1. The van der Waals surface area contributed by atoms with Gasteiger partial charge >= 0.3 is 17.9 Å². The van der Waals surface area contributed by atoms with Crippen molar-refractivity contribution >= 4 is 17.9 Å². The van der Waals surface area contributed by atoms with Gasteiger partial charge in [0.05, 0.1) is 0 Å². The van der Waals surface area contributed by atoms with Crippen LogP contribution in [-0.4, -0.2) is 37.2 Å². The molecule has 0 aliphatic heterocycles. The molecule has 1 atom stereocenters. The van der Waals surface area contributed by atoms with E-state index in [0.29, 0.717) is 19.3 Å². The first-order valence-corrected chi connectivity index (χ1v) is 33.4. The second-order valence-corrected chi connectivity index (χ2v) is 22.0. The van der Waals surface area contributed by atoms with Crippen molar-refractivity contribution in [1.82, 2.24) is 0 Å². The van der Waals surface area contributed by atoms with E-state index in [1.54, 1.807) is 0 Å². The van der Waals surface area contributed by atoms with Crippen molar-refractivity contribution < 1.29 is 28.6 Å². The van der Waals surface area contributed by atoms with Crippen LogP contribution in [0.1, 0.15) is 316 Å². The summed E-state index contributed by atoms with van der Waals surface area (Å²) in [5.74, 6) is -0.953.